The third-order valence-corrected chi connectivity index (χ3v) is 4.91. The highest BCUT2D eigenvalue weighted by Crippen LogP contribution is 2.48. The van der Waals surface area contributed by atoms with Crippen LogP contribution >= 0.6 is 11.8 Å². The van der Waals surface area contributed by atoms with E-state index in [1.165, 1.54) is 25.0 Å². The molecule has 1 aliphatic heterocycles. The molecule has 3 atom stereocenters. The molecule has 0 aromatic rings. The Hall–Kier alpha value is 0.350. The van der Waals surface area contributed by atoms with Gasteiger partial charge in [0.2, 0.25) is 0 Å². The number of thioether (sulfide) groups is 1. The van der Waals surface area contributed by atoms with Crippen molar-refractivity contribution in [2.45, 2.75) is 38.4 Å². The van der Waals surface area contributed by atoms with E-state index in [1.54, 1.807) is 0 Å². The van der Waals surface area contributed by atoms with E-state index < -0.39 is 0 Å². The minimum Gasteiger partial charge on any atom is -0.158 e. The summed E-state index contributed by atoms with van der Waals surface area (Å²) in [7, 11) is 0. The molecule has 0 bridgehead atoms. The Morgan fingerprint density at radius 1 is 1.27 bits per heavy atom. The average molecular weight is 170 g/mol. The molecule has 1 heterocycles. The maximum Gasteiger partial charge on any atom is 0.00784 e. The molecule has 0 aromatic carbocycles. The second kappa shape index (κ2) is 3.01. The second-order valence-corrected chi connectivity index (χ2v) is 5.78. The van der Waals surface area contributed by atoms with Crippen molar-refractivity contribution in [2.24, 2.45) is 17.8 Å². The Labute approximate surface area is 74.1 Å². The fourth-order valence-electron chi connectivity index (χ4n) is 2.55. The van der Waals surface area contributed by atoms with Gasteiger partial charge >= 0.3 is 0 Å². The van der Waals surface area contributed by atoms with Crippen molar-refractivity contribution in [1.29, 1.82) is 0 Å². The highest BCUT2D eigenvalue weighted by atomic mass is 32.2. The van der Waals surface area contributed by atoms with Gasteiger partial charge in [-0.3, -0.25) is 0 Å². The highest BCUT2D eigenvalue weighted by molar-refractivity contribution is 8.00. The third kappa shape index (κ3) is 1.44. The lowest BCUT2D eigenvalue weighted by Gasteiger charge is -2.14. The van der Waals surface area contributed by atoms with Crippen LogP contribution in [0.3, 0.4) is 0 Å². The molecule has 1 heteroatoms. The summed E-state index contributed by atoms with van der Waals surface area (Å²) in [6.45, 7) is 4.77. The molecule has 0 amide bonds. The number of hydrogen-bond acceptors (Lipinski definition) is 1. The Bertz CT molecular complexity index is 130. The maximum atomic E-state index is 2.39. The second-order valence-electron chi connectivity index (χ2n) is 4.43. The van der Waals surface area contributed by atoms with Gasteiger partial charge in [-0.15, -0.1) is 0 Å². The van der Waals surface area contributed by atoms with Crippen LogP contribution in [0.4, 0.5) is 0 Å². The average Bonchev–Trinajstić information content (AvgIpc) is 2.40. The zero-order chi connectivity index (χ0) is 7.84. The molecule has 1 saturated carbocycles. The van der Waals surface area contributed by atoms with E-state index in [0.717, 1.165) is 23.0 Å². The lowest BCUT2D eigenvalue weighted by Crippen LogP contribution is -2.04. The van der Waals surface area contributed by atoms with Crippen LogP contribution in [-0.2, 0) is 0 Å². The fraction of sp³-hybridized carbons (Fsp3) is 1.00. The Kier molecular flexibility index (Phi) is 2.18. The first-order valence-electron chi connectivity index (χ1n) is 4.89. The van der Waals surface area contributed by atoms with Crippen molar-refractivity contribution >= 4 is 11.8 Å². The van der Waals surface area contributed by atoms with E-state index in [4.69, 9.17) is 0 Å². The molecule has 2 fully saturated rings. The predicted octanol–water partition coefficient (Wildman–Crippen LogP) is 3.17. The summed E-state index contributed by atoms with van der Waals surface area (Å²) < 4.78 is 0. The van der Waals surface area contributed by atoms with Gasteiger partial charge in [0, 0.05) is 5.25 Å². The molecule has 64 valence electrons. The van der Waals surface area contributed by atoms with Gasteiger partial charge in [0.05, 0.1) is 0 Å². The molecule has 0 spiro atoms. The van der Waals surface area contributed by atoms with Gasteiger partial charge in [-0.05, 0) is 42.8 Å². The monoisotopic (exact) mass is 170 g/mol. The standard InChI is InChI=1S/C10H18S/c1-7(2)9-5-8-3-4-11-10(8)6-9/h7-10H,3-6H2,1-2H3. The summed E-state index contributed by atoms with van der Waals surface area (Å²) in [4.78, 5) is 0. The normalized spacial score (nSPS) is 43.4. The van der Waals surface area contributed by atoms with E-state index in [-0.39, 0.29) is 0 Å². The van der Waals surface area contributed by atoms with Crippen LogP contribution < -0.4 is 0 Å². The topological polar surface area (TPSA) is 0 Å². The van der Waals surface area contributed by atoms with Crippen LogP contribution in [0.5, 0.6) is 0 Å². The van der Waals surface area contributed by atoms with E-state index in [9.17, 15) is 0 Å². The highest BCUT2D eigenvalue weighted by Gasteiger charge is 2.38. The number of fused-ring (bicyclic) bond motifs is 1. The summed E-state index contributed by atoms with van der Waals surface area (Å²) >= 11 is 2.23. The van der Waals surface area contributed by atoms with E-state index in [0.29, 0.717) is 0 Å². The molecule has 1 aliphatic carbocycles. The molecule has 2 aliphatic rings. The van der Waals surface area contributed by atoms with Gasteiger partial charge in [-0.2, -0.15) is 11.8 Å². The van der Waals surface area contributed by atoms with Gasteiger partial charge < -0.3 is 0 Å². The summed E-state index contributed by atoms with van der Waals surface area (Å²) in [5, 5.41) is 1.06. The Morgan fingerprint density at radius 2 is 2.09 bits per heavy atom. The maximum absolute atomic E-state index is 2.39. The van der Waals surface area contributed by atoms with Crippen molar-refractivity contribution in [3.8, 4) is 0 Å². The molecule has 1 saturated heterocycles. The minimum absolute atomic E-state index is 0.932. The summed E-state index contributed by atoms with van der Waals surface area (Å²) in [6.07, 6.45) is 4.57. The Morgan fingerprint density at radius 3 is 2.73 bits per heavy atom. The summed E-state index contributed by atoms with van der Waals surface area (Å²) in [6, 6.07) is 0. The zero-order valence-electron chi connectivity index (χ0n) is 7.55. The molecule has 0 aromatic heterocycles. The lowest BCUT2D eigenvalue weighted by molar-refractivity contribution is 0.376. The van der Waals surface area contributed by atoms with Gasteiger partial charge in [-0.1, -0.05) is 13.8 Å². The van der Waals surface area contributed by atoms with Crippen LogP contribution in [0.25, 0.3) is 0 Å². The minimum atomic E-state index is 0.932. The summed E-state index contributed by atoms with van der Waals surface area (Å²) in [5.41, 5.74) is 0. The molecule has 2 rings (SSSR count). The predicted molar refractivity (Wildman–Crippen MR) is 51.9 cm³/mol. The van der Waals surface area contributed by atoms with Crippen molar-refractivity contribution in [3.05, 3.63) is 0 Å². The first-order chi connectivity index (χ1) is 5.27. The molecule has 0 N–H and O–H groups in total. The quantitative estimate of drug-likeness (QED) is 0.582. The largest absolute Gasteiger partial charge is 0.158 e. The smallest absolute Gasteiger partial charge is 0.00784 e. The third-order valence-electron chi connectivity index (χ3n) is 3.43. The first kappa shape index (κ1) is 7.97. The molecular weight excluding hydrogens is 152 g/mol. The molecule has 3 unspecified atom stereocenters. The van der Waals surface area contributed by atoms with Crippen LogP contribution in [0, 0.1) is 17.8 Å². The van der Waals surface area contributed by atoms with Gasteiger partial charge in [0.25, 0.3) is 0 Å². The van der Waals surface area contributed by atoms with Crippen LogP contribution in [0.15, 0.2) is 0 Å². The summed E-state index contributed by atoms with van der Waals surface area (Å²) in [5.74, 6) is 4.53. The lowest BCUT2D eigenvalue weighted by atomic mass is 9.93. The van der Waals surface area contributed by atoms with Crippen molar-refractivity contribution in [2.75, 3.05) is 5.75 Å². The van der Waals surface area contributed by atoms with Crippen LogP contribution in [0.2, 0.25) is 0 Å². The van der Waals surface area contributed by atoms with Crippen molar-refractivity contribution in [3.63, 3.8) is 0 Å². The number of hydrogen-bond donors (Lipinski definition) is 0. The molecule has 11 heavy (non-hydrogen) atoms. The Balaban J connectivity index is 1.94. The van der Waals surface area contributed by atoms with Gasteiger partial charge in [-0.25, -0.2) is 0 Å². The SMILES string of the molecule is CC(C)C1CC2CCSC2C1. The van der Waals surface area contributed by atoms with E-state index in [1.807, 2.05) is 0 Å². The van der Waals surface area contributed by atoms with E-state index in [2.05, 4.69) is 25.6 Å². The fourth-order valence-corrected chi connectivity index (χ4v) is 4.19. The zero-order valence-corrected chi connectivity index (χ0v) is 8.36. The molecule has 0 radical (unpaired) electrons. The number of rotatable bonds is 1. The molecule has 0 nitrogen and oxygen atoms in total. The van der Waals surface area contributed by atoms with Gasteiger partial charge in [0.1, 0.15) is 0 Å². The molecular formula is C10H18S. The van der Waals surface area contributed by atoms with Gasteiger partial charge in [0.15, 0.2) is 0 Å². The van der Waals surface area contributed by atoms with Crippen molar-refractivity contribution in [1.82, 2.24) is 0 Å². The first-order valence-corrected chi connectivity index (χ1v) is 5.94. The van der Waals surface area contributed by atoms with Crippen LogP contribution in [-0.4, -0.2) is 11.0 Å². The van der Waals surface area contributed by atoms with Crippen LogP contribution in [0.1, 0.15) is 33.1 Å². The van der Waals surface area contributed by atoms with Crippen molar-refractivity contribution < 1.29 is 0 Å². The van der Waals surface area contributed by atoms with E-state index >= 15 is 0 Å².